The van der Waals surface area contributed by atoms with E-state index in [9.17, 15) is 0 Å². The molecule has 0 unspecified atom stereocenters. The first kappa shape index (κ1) is 14.7. The molecule has 0 aromatic rings. The van der Waals surface area contributed by atoms with Crippen molar-refractivity contribution in [1.29, 1.82) is 0 Å². The lowest BCUT2D eigenvalue weighted by molar-refractivity contribution is 0.109. The predicted molar refractivity (Wildman–Crippen MR) is 76.0 cm³/mol. The van der Waals surface area contributed by atoms with E-state index in [2.05, 4.69) is 32.3 Å². The topological polar surface area (TPSA) is 29.3 Å². The van der Waals surface area contributed by atoms with Crippen molar-refractivity contribution < 1.29 is 0 Å². The largest absolute Gasteiger partial charge is 0.330 e. The summed E-state index contributed by atoms with van der Waals surface area (Å²) in [6, 6.07) is 0. The van der Waals surface area contributed by atoms with E-state index in [1.807, 2.05) is 6.08 Å². The normalized spacial score (nSPS) is 26.2. The third-order valence-electron chi connectivity index (χ3n) is 4.08. The van der Waals surface area contributed by atoms with Gasteiger partial charge in [-0.05, 0) is 64.8 Å². The van der Waals surface area contributed by atoms with Gasteiger partial charge in [-0.1, -0.05) is 6.08 Å². The summed E-state index contributed by atoms with van der Waals surface area (Å²) >= 11 is 0. The molecule has 17 heavy (non-hydrogen) atoms. The average Bonchev–Trinajstić information content (AvgIpc) is 2.28. The Morgan fingerprint density at radius 3 is 2.12 bits per heavy atom. The minimum atomic E-state index is 0.249. The number of nitrogens with zero attached hydrogens (tertiary/aromatic N) is 1. The maximum absolute atomic E-state index is 5.74. The molecule has 100 valence electrons. The van der Waals surface area contributed by atoms with Crippen molar-refractivity contribution in [3.8, 4) is 0 Å². The van der Waals surface area contributed by atoms with Crippen molar-refractivity contribution in [2.24, 2.45) is 17.6 Å². The van der Waals surface area contributed by atoms with Gasteiger partial charge in [0.25, 0.3) is 0 Å². The first-order valence-electron chi connectivity index (χ1n) is 7.03. The second-order valence-corrected chi connectivity index (χ2v) is 6.49. The summed E-state index contributed by atoms with van der Waals surface area (Å²) in [5, 5.41) is 0. The van der Waals surface area contributed by atoms with Crippen LogP contribution < -0.4 is 5.73 Å². The summed E-state index contributed by atoms with van der Waals surface area (Å²) in [4.78, 5) is 2.55. The number of rotatable bonds is 5. The zero-order chi connectivity index (χ0) is 12.9. The fourth-order valence-corrected chi connectivity index (χ4v) is 2.74. The summed E-state index contributed by atoms with van der Waals surface area (Å²) in [7, 11) is 0. The molecule has 2 N–H and O–H groups in total. The molecule has 2 heteroatoms. The molecule has 2 nitrogen and oxygen atoms in total. The van der Waals surface area contributed by atoms with Gasteiger partial charge in [-0.3, -0.25) is 4.90 Å². The summed E-state index contributed by atoms with van der Waals surface area (Å²) in [6.07, 6.45) is 7.38. The van der Waals surface area contributed by atoms with Gasteiger partial charge in [-0.15, -0.1) is 6.58 Å². The Kier molecular flexibility index (Phi) is 5.68. The minimum absolute atomic E-state index is 0.249. The van der Waals surface area contributed by atoms with Gasteiger partial charge in [-0.25, -0.2) is 0 Å². The first-order chi connectivity index (χ1) is 7.97. The highest BCUT2D eigenvalue weighted by Crippen LogP contribution is 2.30. The molecule has 0 aromatic carbocycles. The molecule has 1 rings (SSSR count). The Balaban J connectivity index is 2.43. The highest BCUT2D eigenvalue weighted by atomic mass is 15.2. The summed E-state index contributed by atoms with van der Waals surface area (Å²) < 4.78 is 0. The summed E-state index contributed by atoms with van der Waals surface area (Å²) in [5.41, 5.74) is 5.99. The first-order valence-corrected chi connectivity index (χ1v) is 7.03. The number of hydrogen-bond donors (Lipinski definition) is 1. The van der Waals surface area contributed by atoms with E-state index >= 15 is 0 Å². The van der Waals surface area contributed by atoms with E-state index in [0.717, 1.165) is 24.9 Å². The highest BCUT2D eigenvalue weighted by Gasteiger charge is 2.26. The standard InChI is InChI=1S/C15H30N2/c1-5-10-17(15(2,3)4)12-14-8-6-13(11-16)7-9-14/h5,13-14H,1,6-12,16H2,2-4H3. The van der Waals surface area contributed by atoms with Crippen LogP contribution in [0.15, 0.2) is 12.7 Å². The van der Waals surface area contributed by atoms with Gasteiger partial charge in [0.15, 0.2) is 0 Å². The van der Waals surface area contributed by atoms with Crippen molar-refractivity contribution in [2.45, 2.75) is 52.0 Å². The van der Waals surface area contributed by atoms with Crippen molar-refractivity contribution in [2.75, 3.05) is 19.6 Å². The van der Waals surface area contributed by atoms with Crippen LogP contribution in [0.4, 0.5) is 0 Å². The van der Waals surface area contributed by atoms with Crippen LogP contribution in [0.5, 0.6) is 0 Å². The molecule has 0 heterocycles. The Labute approximate surface area is 107 Å². The molecule has 0 bridgehead atoms. The van der Waals surface area contributed by atoms with Crippen LogP contribution >= 0.6 is 0 Å². The third-order valence-corrected chi connectivity index (χ3v) is 4.08. The van der Waals surface area contributed by atoms with Gasteiger partial charge < -0.3 is 5.73 Å². The van der Waals surface area contributed by atoms with Gasteiger partial charge in [0.1, 0.15) is 0 Å². The fourth-order valence-electron chi connectivity index (χ4n) is 2.74. The molecule has 0 atom stereocenters. The van der Waals surface area contributed by atoms with Crippen molar-refractivity contribution in [1.82, 2.24) is 4.90 Å². The summed E-state index contributed by atoms with van der Waals surface area (Å²) in [6.45, 7) is 13.8. The lowest BCUT2D eigenvalue weighted by atomic mass is 9.81. The number of nitrogens with two attached hydrogens (primary N) is 1. The molecule has 0 aromatic heterocycles. The summed E-state index contributed by atoms with van der Waals surface area (Å²) in [5.74, 6) is 1.64. The van der Waals surface area contributed by atoms with E-state index in [1.165, 1.54) is 32.2 Å². The van der Waals surface area contributed by atoms with Crippen LogP contribution in [0, 0.1) is 11.8 Å². The Bertz CT molecular complexity index is 222. The smallest absolute Gasteiger partial charge is 0.0165 e. The van der Waals surface area contributed by atoms with Gasteiger partial charge in [0.05, 0.1) is 0 Å². The zero-order valence-electron chi connectivity index (χ0n) is 11.9. The third kappa shape index (κ3) is 4.81. The Hall–Kier alpha value is -0.340. The van der Waals surface area contributed by atoms with E-state index in [1.54, 1.807) is 0 Å². The maximum atomic E-state index is 5.74. The van der Waals surface area contributed by atoms with Gasteiger partial charge in [0, 0.05) is 18.6 Å². The van der Waals surface area contributed by atoms with E-state index in [4.69, 9.17) is 5.73 Å². The molecule has 1 fully saturated rings. The molecule has 0 saturated heterocycles. The lowest BCUT2D eigenvalue weighted by Gasteiger charge is -2.39. The Morgan fingerprint density at radius 1 is 1.18 bits per heavy atom. The molecule has 1 saturated carbocycles. The van der Waals surface area contributed by atoms with Crippen LogP contribution in [0.3, 0.4) is 0 Å². The maximum Gasteiger partial charge on any atom is 0.0165 e. The van der Waals surface area contributed by atoms with Crippen LogP contribution in [0.2, 0.25) is 0 Å². The van der Waals surface area contributed by atoms with E-state index in [0.29, 0.717) is 0 Å². The molecule has 0 spiro atoms. The van der Waals surface area contributed by atoms with Crippen molar-refractivity contribution >= 4 is 0 Å². The zero-order valence-corrected chi connectivity index (χ0v) is 11.9. The quantitative estimate of drug-likeness (QED) is 0.746. The van der Waals surface area contributed by atoms with Crippen LogP contribution in [0.1, 0.15) is 46.5 Å². The molecule has 1 aliphatic rings. The molecular weight excluding hydrogens is 208 g/mol. The molecule has 0 aliphatic heterocycles. The van der Waals surface area contributed by atoms with Crippen LogP contribution in [-0.4, -0.2) is 30.1 Å². The monoisotopic (exact) mass is 238 g/mol. The highest BCUT2D eigenvalue weighted by molar-refractivity contribution is 4.85. The number of hydrogen-bond acceptors (Lipinski definition) is 2. The molecular formula is C15H30N2. The lowest BCUT2D eigenvalue weighted by Crippen LogP contribution is -2.44. The Morgan fingerprint density at radius 2 is 1.71 bits per heavy atom. The van der Waals surface area contributed by atoms with Crippen molar-refractivity contribution in [3.63, 3.8) is 0 Å². The van der Waals surface area contributed by atoms with Crippen LogP contribution in [0.25, 0.3) is 0 Å². The van der Waals surface area contributed by atoms with Gasteiger partial charge in [-0.2, -0.15) is 0 Å². The van der Waals surface area contributed by atoms with Crippen LogP contribution in [-0.2, 0) is 0 Å². The predicted octanol–water partition coefficient (Wildman–Crippen LogP) is 3.04. The SMILES string of the molecule is C=CCN(CC1CCC(CN)CC1)C(C)(C)C. The second kappa shape index (κ2) is 6.55. The van der Waals surface area contributed by atoms with Crippen molar-refractivity contribution in [3.05, 3.63) is 12.7 Å². The molecule has 1 aliphatic carbocycles. The molecule has 0 amide bonds. The van der Waals surface area contributed by atoms with Gasteiger partial charge >= 0.3 is 0 Å². The van der Waals surface area contributed by atoms with E-state index in [-0.39, 0.29) is 5.54 Å². The van der Waals surface area contributed by atoms with E-state index < -0.39 is 0 Å². The fraction of sp³-hybridized carbons (Fsp3) is 0.867. The molecule has 0 radical (unpaired) electrons. The minimum Gasteiger partial charge on any atom is -0.330 e. The second-order valence-electron chi connectivity index (χ2n) is 6.49. The van der Waals surface area contributed by atoms with Gasteiger partial charge in [0.2, 0.25) is 0 Å². The average molecular weight is 238 g/mol.